The first-order valence-corrected chi connectivity index (χ1v) is 9.21. The second kappa shape index (κ2) is 5.94. The van der Waals surface area contributed by atoms with E-state index in [4.69, 9.17) is 11.6 Å². The second-order valence-electron chi connectivity index (χ2n) is 7.95. The van der Waals surface area contributed by atoms with E-state index in [1.165, 1.54) is 18.2 Å². The van der Waals surface area contributed by atoms with Crippen LogP contribution in [0.15, 0.2) is 12.4 Å². The maximum atomic E-state index is 12.5. The first-order valence-electron chi connectivity index (χ1n) is 8.83. The summed E-state index contributed by atoms with van der Waals surface area (Å²) in [4.78, 5) is 22.3. The zero-order valence-electron chi connectivity index (χ0n) is 14.9. The number of ether oxygens (including phenoxy) is 1. The van der Waals surface area contributed by atoms with Crippen LogP contribution in [0.5, 0.6) is 0 Å². The monoisotopic (exact) mass is 404 g/mol. The lowest BCUT2D eigenvalue weighted by molar-refractivity contribution is -0.359. The van der Waals surface area contributed by atoms with Gasteiger partial charge in [0, 0.05) is 22.9 Å². The number of carbonyl (C=O) groups excluding carboxylic acids is 1. The molecule has 4 aliphatic rings. The number of carbonyl (C=O) groups is 1. The molecule has 6 nitrogen and oxygen atoms in total. The van der Waals surface area contributed by atoms with Crippen molar-refractivity contribution in [1.29, 1.82) is 0 Å². The number of hydrogen-bond acceptors (Lipinski definition) is 5. The van der Waals surface area contributed by atoms with Crippen LogP contribution in [0.4, 0.5) is 19.0 Å². The lowest BCUT2D eigenvalue weighted by Gasteiger charge is -2.67. The van der Waals surface area contributed by atoms with Gasteiger partial charge in [-0.2, -0.15) is 0 Å². The van der Waals surface area contributed by atoms with Gasteiger partial charge in [0.25, 0.3) is 0 Å². The average Bonchev–Trinajstić information content (AvgIpc) is 2.53. The van der Waals surface area contributed by atoms with E-state index in [1.807, 2.05) is 6.07 Å². The van der Waals surface area contributed by atoms with Crippen molar-refractivity contribution in [2.75, 3.05) is 11.9 Å². The Hall–Kier alpha value is -1.61. The standard InChI is InChI=1S/C17H20ClF3N4O2/c1-9(14(26)25-4-11(10(25)2)27-17(19,20)21)24-13-3-12(22-8-23-13)15-5-16(18,6-15)7-15/h3,8-11H,4-7H2,1-2H3,(H,22,23,24)/t9-,10+,11+,15?,16?/m1/s1. The van der Waals surface area contributed by atoms with Crippen LogP contribution in [-0.4, -0.2) is 56.7 Å². The predicted molar refractivity (Wildman–Crippen MR) is 91.3 cm³/mol. The molecule has 2 bridgehead atoms. The summed E-state index contributed by atoms with van der Waals surface area (Å²) >= 11 is 6.31. The minimum atomic E-state index is -4.70. The molecular weight excluding hydrogens is 385 g/mol. The summed E-state index contributed by atoms with van der Waals surface area (Å²) in [7, 11) is 0. The molecule has 148 valence electrons. The number of aromatic nitrogens is 2. The number of rotatable bonds is 5. The van der Waals surface area contributed by atoms with Crippen molar-refractivity contribution in [3.8, 4) is 0 Å². The number of anilines is 1. The summed E-state index contributed by atoms with van der Waals surface area (Å²) in [5, 5.41) is 3.02. The Morgan fingerprint density at radius 2 is 2.07 bits per heavy atom. The molecule has 1 aromatic heterocycles. The third-order valence-corrected chi connectivity index (χ3v) is 6.29. The zero-order valence-corrected chi connectivity index (χ0v) is 15.6. The molecule has 0 radical (unpaired) electrons. The first-order chi connectivity index (χ1) is 12.5. The maximum absolute atomic E-state index is 12.5. The number of hydrogen-bond donors (Lipinski definition) is 1. The third kappa shape index (κ3) is 3.24. The van der Waals surface area contributed by atoms with Gasteiger partial charge in [-0.25, -0.2) is 9.97 Å². The fourth-order valence-electron chi connectivity index (χ4n) is 4.37. The van der Waals surface area contributed by atoms with Crippen LogP contribution in [0.3, 0.4) is 0 Å². The molecule has 1 aliphatic heterocycles. The average molecular weight is 405 g/mol. The van der Waals surface area contributed by atoms with Crippen LogP contribution in [0, 0.1) is 0 Å². The minimum Gasteiger partial charge on any atom is -0.359 e. The van der Waals surface area contributed by atoms with E-state index < -0.39 is 24.6 Å². The highest BCUT2D eigenvalue weighted by molar-refractivity contribution is 6.26. The van der Waals surface area contributed by atoms with E-state index >= 15 is 0 Å². The number of nitrogens with zero attached hydrogens (tertiary/aromatic N) is 3. The molecule has 0 aromatic carbocycles. The van der Waals surface area contributed by atoms with E-state index in [-0.39, 0.29) is 22.7 Å². The van der Waals surface area contributed by atoms with Crippen LogP contribution >= 0.6 is 11.6 Å². The molecule has 3 aliphatic carbocycles. The Labute approximate surface area is 159 Å². The van der Waals surface area contributed by atoms with Gasteiger partial charge in [-0.05, 0) is 33.1 Å². The van der Waals surface area contributed by atoms with Crippen LogP contribution in [0.25, 0.3) is 0 Å². The number of amides is 1. The molecule has 4 fully saturated rings. The van der Waals surface area contributed by atoms with Crippen LogP contribution in [0.2, 0.25) is 0 Å². The normalized spacial score (nSPS) is 35.6. The molecule has 0 unspecified atom stereocenters. The SMILES string of the molecule is C[C@@H](Nc1cc(C23CC(Cl)(C2)C3)ncn1)C(=O)N1C[C@H](OC(F)(F)F)[C@@H]1C. The molecule has 3 saturated carbocycles. The lowest BCUT2D eigenvalue weighted by atomic mass is 9.42. The van der Waals surface area contributed by atoms with E-state index in [0.717, 1.165) is 25.0 Å². The van der Waals surface area contributed by atoms with Crippen molar-refractivity contribution in [2.45, 2.75) is 67.9 Å². The van der Waals surface area contributed by atoms with Crippen LogP contribution in [0.1, 0.15) is 38.8 Å². The van der Waals surface area contributed by atoms with E-state index in [1.54, 1.807) is 6.92 Å². The smallest absolute Gasteiger partial charge is 0.359 e. The number of halogens is 4. The molecule has 1 N–H and O–H groups in total. The van der Waals surface area contributed by atoms with Gasteiger partial charge in [0.1, 0.15) is 24.3 Å². The van der Waals surface area contributed by atoms with Gasteiger partial charge < -0.3 is 10.2 Å². The van der Waals surface area contributed by atoms with E-state index in [9.17, 15) is 18.0 Å². The Balaban J connectivity index is 1.34. The van der Waals surface area contributed by atoms with Crippen LogP contribution < -0.4 is 5.32 Å². The highest BCUT2D eigenvalue weighted by Crippen LogP contribution is 2.70. The third-order valence-electron chi connectivity index (χ3n) is 5.89. The fraction of sp³-hybridized carbons (Fsp3) is 0.706. The van der Waals surface area contributed by atoms with Crippen molar-refractivity contribution in [2.24, 2.45) is 0 Å². The van der Waals surface area contributed by atoms with Crippen molar-refractivity contribution >= 4 is 23.3 Å². The minimum absolute atomic E-state index is 0.0303. The fourth-order valence-corrected chi connectivity index (χ4v) is 5.14. The Kier molecular flexibility index (Phi) is 4.12. The van der Waals surface area contributed by atoms with Gasteiger partial charge in [0.2, 0.25) is 5.91 Å². The molecule has 1 aromatic rings. The number of nitrogens with one attached hydrogen (secondary N) is 1. The summed E-state index contributed by atoms with van der Waals surface area (Å²) in [6.07, 6.45) is -1.57. The number of likely N-dealkylation sites (tertiary alicyclic amines) is 1. The highest BCUT2D eigenvalue weighted by atomic mass is 35.5. The quantitative estimate of drug-likeness (QED) is 0.764. The summed E-state index contributed by atoms with van der Waals surface area (Å²) in [6, 6.07) is 0.563. The van der Waals surface area contributed by atoms with Gasteiger partial charge in [0.15, 0.2) is 0 Å². The van der Waals surface area contributed by atoms with Crippen LogP contribution in [-0.2, 0) is 14.9 Å². The summed E-state index contributed by atoms with van der Waals surface area (Å²) < 4.78 is 40.9. The predicted octanol–water partition coefficient (Wildman–Crippen LogP) is 2.83. The van der Waals surface area contributed by atoms with Gasteiger partial charge in [-0.3, -0.25) is 9.53 Å². The van der Waals surface area contributed by atoms with Crippen molar-refractivity contribution in [3.63, 3.8) is 0 Å². The highest BCUT2D eigenvalue weighted by Gasteiger charge is 2.68. The summed E-state index contributed by atoms with van der Waals surface area (Å²) in [5.41, 5.74) is 0.945. The Bertz CT molecular complexity index is 755. The lowest BCUT2D eigenvalue weighted by Crippen LogP contribution is -2.66. The zero-order chi connectivity index (χ0) is 19.6. The molecule has 1 saturated heterocycles. The van der Waals surface area contributed by atoms with E-state index in [0.29, 0.717) is 5.82 Å². The molecule has 27 heavy (non-hydrogen) atoms. The molecular formula is C17H20ClF3N4O2. The Morgan fingerprint density at radius 3 is 2.63 bits per heavy atom. The molecule has 3 atom stereocenters. The topological polar surface area (TPSA) is 67.4 Å². The van der Waals surface area contributed by atoms with Gasteiger partial charge in [0.05, 0.1) is 11.7 Å². The van der Waals surface area contributed by atoms with E-state index in [2.05, 4.69) is 20.0 Å². The first kappa shape index (κ1) is 18.7. The molecule has 2 heterocycles. The maximum Gasteiger partial charge on any atom is 0.522 e. The van der Waals surface area contributed by atoms with Crippen molar-refractivity contribution < 1.29 is 22.7 Å². The van der Waals surface area contributed by atoms with Crippen molar-refractivity contribution in [1.82, 2.24) is 14.9 Å². The van der Waals surface area contributed by atoms with Gasteiger partial charge in [-0.1, -0.05) is 0 Å². The summed E-state index contributed by atoms with van der Waals surface area (Å²) in [6.45, 7) is 3.11. The summed E-state index contributed by atoms with van der Waals surface area (Å²) in [5.74, 6) is 0.223. The molecule has 10 heteroatoms. The largest absolute Gasteiger partial charge is 0.522 e. The number of alkyl halides is 4. The molecule has 0 spiro atoms. The van der Waals surface area contributed by atoms with Crippen molar-refractivity contribution in [3.05, 3.63) is 18.1 Å². The van der Waals surface area contributed by atoms with Gasteiger partial charge in [-0.15, -0.1) is 24.8 Å². The van der Waals surface area contributed by atoms with Gasteiger partial charge >= 0.3 is 6.36 Å². The molecule has 5 rings (SSSR count). The Morgan fingerprint density at radius 1 is 1.41 bits per heavy atom. The molecule has 1 amide bonds. The second-order valence-corrected chi connectivity index (χ2v) is 8.75.